The smallest absolute Gasteiger partial charge is 0.356 e. The lowest BCUT2D eigenvalue weighted by molar-refractivity contribution is -0.270. The Kier molecular flexibility index (Phi) is 10.0. The molecule has 2 rings (SSSR count). The molecule has 1 aromatic rings. The minimum Gasteiger partial charge on any atom is -0.463 e. The van der Waals surface area contributed by atoms with Gasteiger partial charge in [-0.3, -0.25) is 19.2 Å². The Morgan fingerprint density at radius 3 is 2.00 bits per heavy atom. The van der Waals surface area contributed by atoms with E-state index in [0.29, 0.717) is 0 Å². The number of alkyl halides is 1. The molecule has 35 heavy (non-hydrogen) atoms. The van der Waals surface area contributed by atoms with Crippen LogP contribution >= 0.6 is 11.6 Å². The number of carbonyl (C=O) groups is 5. The number of ether oxygens (including phenoxy) is 6. The maximum Gasteiger partial charge on any atom is 0.356 e. The summed E-state index contributed by atoms with van der Waals surface area (Å²) < 4.78 is 33.3. The van der Waals surface area contributed by atoms with E-state index in [0.717, 1.165) is 32.4 Å². The standard InChI is InChI=1S/C21H27ClN2O11/c1-6-30-21(29)15-7-14(8-22)23-24(15)20-19(34-13(5)28)18(33-12(4)27)17(32-11(3)26)16(35-20)9-31-10(2)25/h7,16-20H,6,8-9H2,1-5H3/t16-,17-,18+,19-,20?/m0/s1. The minimum atomic E-state index is -1.44. The van der Waals surface area contributed by atoms with E-state index in [9.17, 15) is 24.0 Å². The molecule has 0 aromatic carbocycles. The van der Waals surface area contributed by atoms with Crippen molar-refractivity contribution in [3.8, 4) is 0 Å². The van der Waals surface area contributed by atoms with Crippen LogP contribution in [0.4, 0.5) is 0 Å². The Morgan fingerprint density at radius 1 is 0.914 bits per heavy atom. The Hall–Kier alpha value is -3.19. The quantitative estimate of drug-likeness (QED) is 0.260. The van der Waals surface area contributed by atoms with Crippen LogP contribution in [0.2, 0.25) is 0 Å². The van der Waals surface area contributed by atoms with Crippen molar-refractivity contribution in [1.82, 2.24) is 9.78 Å². The molecule has 1 aliphatic heterocycles. The van der Waals surface area contributed by atoms with E-state index in [2.05, 4.69) is 5.10 Å². The summed E-state index contributed by atoms with van der Waals surface area (Å²) in [6.45, 7) is 5.71. The maximum absolute atomic E-state index is 12.6. The van der Waals surface area contributed by atoms with Crippen molar-refractivity contribution < 1.29 is 52.4 Å². The van der Waals surface area contributed by atoms with Crippen molar-refractivity contribution >= 4 is 41.4 Å². The highest BCUT2D eigenvalue weighted by Gasteiger charge is 2.53. The van der Waals surface area contributed by atoms with Crippen molar-refractivity contribution in [3.63, 3.8) is 0 Å². The van der Waals surface area contributed by atoms with Gasteiger partial charge in [-0.25, -0.2) is 9.48 Å². The van der Waals surface area contributed by atoms with Gasteiger partial charge in [0.2, 0.25) is 0 Å². The number of rotatable bonds is 9. The number of hydrogen-bond donors (Lipinski definition) is 0. The number of esters is 5. The molecule has 0 saturated carbocycles. The molecule has 14 heteroatoms. The monoisotopic (exact) mass is 518 g/mol. The molecule has 13 nitrogen and oxygen atoms in total. The van der Waals surface area contributed by atoms with Gasteiger partial charge in [-0.05, 0) is 13.0 Å². The molecular formula is C21H27ClN2O11. The van der Waals surface area contributed by atoms with Crippen molar-refractivity contribution in [1.29, 1.82) is 0 Å². The van der Waals surface area contributed by atoms with E-state index in [1.165, 1.54) is 6.07 Å². The van der Waals surface area contributed by atoms with E-state index >= 15 is 0 Å². The summed E-state index contributed by atoms with van der Waals surface area (Å²) in [4.78, 5) is 59.9. The Bertz CT molecular complexity index is 963. The van der Waals surface area contributed by atoms with E-state index in [1.807, 2.05) is 0 Å². The zero-order chi connectivity index (χ0) is 26.3. The first-order valence-corrected chi connectivity index (χ1v) is 11.1. The lowest BCUT2D eigenvalue weighted by Gasteiger charge is -2.44. The molecule has 0 amide bonds. The van der Waals surface area contributed by atoms with E-state index in [1.54, 1.807) is 6.92 Å². The first-order valence-electron chi connectivity index (χ1n) is 10.6. The number of carbonyl (C=O) groups excluding carboxylic acids is 5. The van der Waals surface area contributed by atoms with Gasteiger partial charge in [0.15, 0.2) is 24.5 Å². The summed E-state index contributed by atoms with van der Waals surface area (Å²) in [5.41, 5.74) is 0.172. The molecule has 1 aromatic heterocycles. The largest absolute Gasteiger partial charge is 0.463 e. The molecule has 0 radical (unpaired) electrons. The third-order valence-electron chi connectivity index (χ3n) is 4.62. The molecule has 194 valence electrons. The van der Waals surface area contributed by atoms with Crippen LogP contribution in [-0.4, -0.2) is 77.3 Å². The normalized spacial score (nSPS) is 23.7. The second-order valence-corrected chi connectivity index (χ2v) is 7.68. The van der Waals surface area contributed by atoms with Crippen LogP contribution < -0.4 is 0 Å². The summed E-state index contributed by atoms with van der Waals surface area (Å²) in [6.07, 6.45) is -6.80. The lowest BCUT2D eigenvalue weighted by atomic mass is 9.97. The summed E-state index contributed by atoms with van der Waals surface area (Å²) >= 11 is 5.91. The summed E-state index contributed by atoms with van der Waals surface area (Å²) in [6, 6.07) is 1.36. The fourth-order valence-corrected chi connectivity index (χ4v) is 3.59. The Morgan fingerprint density at radius 2 is 1.49 bits per heavy atom. The predicted octanol–water partition coefficient (Wildman–Crippen LogP) is 1.05. The average molecular weight is 519 g/mol. The van der Waals surface area contributed by atoms with Gasteiger partial charge >= 0.3 is 29.8 Å². The zero-order valence-corrected chi connectivity index (χ0v) is 20.6. The number of nitrogens with zero attached hydrogens (tertiary/aromatic N) is 2. The predicted molar refractivity (Wildman–Crippen MR) is 115 cm³/mol. The van der Waals surface area contributed by atoms with Gasteiger partial charge in [0.1, 0.15) is 18.4 Å². The number of hydrogen-bond acceptors (Lipinski definition) is 12. The van der Waals surface area contributed by atoms with Gasteiger partial charge in [0, 0.05) is 27.7 Å². The molecule has 0 N–H and O–H groups in total. The van der Waals surface area contributed by atoms with Gasteiger partial charge in [-0.1, -0.05) is 0 Å². The Balaban J connectivity index is 2.67. The second kappa shape index (κ2) is 12.5. The van der Waals surface area contributed by atoms with Crippen LogP contribution in [-0.2, 0) is 53.5 Å². The number of halogens is 1. The van der Waals surface area contributed by atoms with E-state index in [-0.39, 0.29) is 23.9 Å². The molecule has 0 bridgehead atoms. The molecule has 5 atom stereocenters. The summed E-state index contributed by atoms with van der Waals surface area (Å²) in [7, 11) is 0. The van der Waals surface area contributed by atoms with E-state index < -0.39 is 67.1 Å². The van der Waals surface area contributed by atoms with Crippen molar-refractivity contribution in [2.75, 3.05) is 13.2 Å². The van der Waals surface area contributed by atoms with Gasteiger partial charge in [0.05, 0.1) is 18.2 Å². The van der Waals surface area contributed by atoms with E-state index in [4.69, 9.17) is 40.0 Å². The molecule has 1 unspecified atom stereocenters. The first-order chi connectivity index (χ1) is 16.5. The fraction of sp³-hybridized carbons (Fsp3) is 0.619. The summed E-state index contributed by atoms with van der Waals surface area (Å²) in [5, 5.41) is 4.25. The zero-order valence-electron chi connectivity index (χ0n) is 19.8. The van der Waals surface area contributed by atoms with Gasteiger partial charge in [-0.2, -0.15) is 5.10 Å². The topological polar surface area (TPSA) is 159 Å². The van der Waals surface area contributed by atoms with Crippen molar-refractivity contribution in [3.05, 3.63) is 17.5 Å². The molecule has 0 aliphatic carbocycles. The van der Waals surface area contributed by atoms with Crippen LogP contribution in [0.1, 0.15) is 57.0 Å². The first kappa shape index (κ1) is 28.1. The third-order valence-corrected chi connectivity index (χ3v) is 4.89. The van der Waals surface area contributed by atoms with Crippen molar-refractivity contribution in [2.45, 2.75) is 71.1 Å². The highest BCUT2D eigenvalue weighted by atomic mass is 35.5. The summed E-state index contributed by atoms with van der Waals surface area (Å²) in [5.74, 6) is -3.85. The molecule has 1 saturated heterocycles. The van der Waals surface area contributed by atoms with Gasteiger partial charge in [0.25, 0.3) is 0 Å². The molecule has 0 spiro atoms. The fourth-order valence-electron chi connectivity index (χ4n) is 3.46. The Labute approximate surface area is 205 Å². The maximum atomic E-state index is 12.6. The minimum absolute atomic E-state index is 0.0544. The molecule has 1 fully saturated rings. The highest BCUT2D eigenvalue weighted by molar-refractivity contribution is 6.16. The van der Waals surface area contributed by atoms with Crippen LogP contribution in [0.25, 0.3) is 0 Å². The number of aromatic nitrogens is 2. The van der Waals surface area contributed by atoms with Crippen LogP contribution in [0, 0.1) is 0 Å². The van der Waals surface area contributed by atoms with Crippen molar-refractivity contribution in [2.24, 2.45) is 0 Å². The average Bonchev–Trinajstić information content (AvgIpc) is 3.19. The van der Waals surface area contributed by atoms with Gasteiger partial charge < -0.3 is 28.4 Å². The SMILES string of the molecule is CCOC(=O)c1cc(CCl)nn1C1O[C@@H](COC(C)=O)[C@H](OC(C)=O)[C@@H](OC(C)=O)[C@@H]1OC(C)=O. The van der Waals surface area contributed by atoms with Crippen LogP contribution in [0.15, 0.2) is 6.07 Å². The highest BCUT2D eigenvalue weighted by Crippen LogP contribution is 2.35. The lowest BCUT2D eigenvalue weighted by Crippen LogP contribution is -2.61. The molecule has 1 aliphatic rings. The molecule has 2 heterocycles. The van der Waals surface area contributed by atoms with Gasteiger partial charge in [-0.15, -0.1) is 11.6 Å². The molecular weight excluding hydrogens is 492 g/mol. The second-order valence-electron chi connectivity index (χ2n) is 7.41. The van der Waals surface area contributed by atoms with Crippen LogP contribution in [0.5, 0.6) is 0 Å². The third kappa shape index (κ3) is 7.39. The van der Waals surface area contributed by atoms with Crippen LogP contribution in [0.3, 0.4) is 0 Å².